The second-order valence-corrected chi connectivity index (χ2v) is 5.91. The first kappa shape index (κ1) is 10.5. The van der Waals surface area contributed by atoms with Gasteiger partial charge in [0.2, 0.25) is 0 Å². The molecule has 1 heterocycles. The summed E-state index contributed by atoms with van der Waals surface area (Å²) in [5.74, 6) is 1.18. The molecule has 2 nitrogen and oxygen atoms in total. The lowest BCUT2D eigenvalue weighted by Gasteiger charge is -2.33. The molecule has 2 saturated carbocycles. The van der Waals surface area contributed by atoms with Gasteiger partial charge in [-0.2, -0.15) is 0 Å². The van der Waals surface area contributed by atoms with Crippen molar-refractivity contribution < 1.29 is 5.11 Å². The van der Waals surface area contributed by atoms with E-state index in [0.717, 1.165) is 23.3 Å². The minimum absolute atomic E-state index is 0.452. The van der Waals surface area contributed by atoms with E-state index < -0.39 is 5.60 Å². The lowest BCUT2D eigenvalue weighted by Crippen LogP contribution is -2.32. The van der Waals surface area contributed by atoms with Gasteiger partial charge in [0.1, 0.15) is 0 Å². The minimum atomic E-state index is -0.606. The molecule has 2 bridgehead atoms. The SMILES string of the molecule is OC1(c2cccc3ccncc23)CC2CCC1C2. The van der Waals surface area contributed by atoms with Crippen LogP contribution in [-0.2, 0) is 5.60 Å². The molecule has 2 fully saturated rings. The summed E-state index contributed by atoms with van der Waals surface area (Å²) >= 11 is 0. The van der Waals surface area contributed by atoms with Crippen LogP contribution in [-0.4, -0.2) is 10.1 Å². The maximum absolute atomic E-state index is 11.1. The van der Waals surface area contributed by atoms with Crippen LogP contribution in [0.3, 0.4) is 0 Å². The van der Waals surface area contributed by atoms with E-state index in [1.165, 1.54) is 24.6 Å². The molecule has 2 aliphatic carbocycles. The normalized spacial score (nSPS) is 34.3. The van der Waals surface area contributed by atoms with Gasteiger partial charge in [0.05, 0.1) is 5.60 Å². The molecule has 0 spiro atoms. The van der Waals surface area contributed by atoms with Crippen molar-refractivity contribution in [3.8, 4) is 0 Å². The molecule has 0 radical (unpaired) electrons. The average molecular weight is 239 g/mol. The lowest BCUT2D eigenvalue weighted by atomic mass is 9.77. The lowest BCUT2D eigenvalue weighted by molar-refractivity contribution is -0.0168. The number of nitrogens with zero attached hydrogens (tertiary/aromatic N) is 1. The number of pyridine rings is 1. The van der Waals surface area contributed by atoms with Gasteiger partial charge in [0.15, 0.2) is 0 Å². The van der Waals surface area contributed by atoms with Crippen LogP contribution in [0.4, 0.5) is 0 Å². The Bertz CT molecular complexity index is 604. The third-order valence-electron chi connectivity index (χ3n) is 4.97. The summed E-state index contributed by atoms with van der Waals surface area (Å²) in [6, 6.07) is 8.26. The van der Waals surface area contributed by atoms with E-state index in [4.69, 9.17) is 0 Å². The zero-order valence-corrected chi connectivity index (χ0v) is 10.3. The molecule has 4 rings (SSSR count). The molecule has 1 N–H and O–H groups in total. The molecule has 1 aromatic heterocycles. The molecule has 2 aromatic rings. The van der Waals surface area contributed by atoms with Gasteiger partial charge in [-0.15, -0.1) is 0 Å². The summed E-state index contributed by atoms with van der Waals surface area (Å²) < 4.78 is 0. The van der Waals surface area contributed by atoms with Gasteiger partial charge in [0, 0.05) is 17.8 Å². The summed E-state index contributed by atoms with van der Waals surface area (Å²) in [5.41, 5.74) is 0.492. The number of aromatic nitrogens is 1. The molecule has 0 aliphatic heterocycles. The Kier molecular flexibility index (Phi) is 2.07. The highest BCUT2D eigenvalue weighted by Gasteiger charge is 2.51. The second-order valence-electron chi connectivity index (χ2n) is 5.91. The smallest absolute Gasteiger partial charge is 0.0933 e. The van der Waals surface area contributed by atoms with Crippen LogP contribution in [0, 0.1) is 11.8 Å². The van der Waals surface area contributed by atoms with Gasteiger partial charge >= 0.3 is 0 Å². The van der Waals surface area contributed by atoms with Crippen LogP contribution in [0.1, 0.15) is 31.2 Å². The predicted molar refractivity (Wildman–Crippen MR) is 71.1 cm³/mol. The number of aliphatic hydroxyl groups is 1. The summed E-state index contributed by atoms with van der Waals surface area (Å²) in [4.78, 5) is 4.23. The van der Waals surface area contributed by atoms with E-state index in [0.29, 0.717) is 5.92 Å². The van der Waals surface area contributed by atoms with Crippen LogP contribution >= 0.6 is 0 Å². The number of hydrogen-bond donors (Lipinski definition) is 1. The largest absolute Gasteiger partial charge is 0.385 e. The van der Waals surface area contributed by atoms with Crippen molar-refractivity contribution in [3.05, 3.63) is 42.2 Å². The Morgan fingerprint density at radius 1 is 1.22 bits per heavy atom. The van der Waals surface area contributed by atoms with E-state index in [2.05, 4.69) is 23.2 Å². The Labute approximate surface area is 107 Å². The van der Waals surface area contributed by atoms with E-state index >= 15 is 0 Å². The first-order chi connectivity index (χ1) is 8.77. The maximum atomic E-state index is 11.1. The minimum Gasteiger partial charge on any atom is -0.385 e. The van der Waals surface area contributed by atoms with Crippen LogP contribution in [0.2, 0.25) is 0 Å². The Morgan fingerprint density at radius 3 is 2.94 bits per heavy atom. The van der Waals surface area contributed by atoms with Crippen LogP contribution in [0.25, 0.3) is 10.8 Å². The summed E-state index contributed by atoms with van der Waals surface area (Å²) in [7, 11) is 0. The van der Waals surface area contributed by atoms with Gasteiger partial charge in [-0.25, -0.2) is 0 Å². The number of rotatable bonds is 1. The molecule has 92 valence electrons. The fraction of sp³-hybridized carbons (Fsp3) is 0.438. The number of hydrogen-bond acceptors (Lipinski definition) is 2. The topological polar surface area (TPSA) is 33.1 Å². The molecule has 1 aromatic carbocycles. The van der Waals surface area contributed by atoms with Crippen molar-refractivity contribution in [2.75, 3.05) is 0 Å². The average Bonchev–Trinajstić information content (AvgIpc) is 2.98. The van der Waals surface area contributed by atoms with Crippen molar-refractivity contribution in [3.63, 3.8) is 0 Å². The molecule has 3 atom stereocenters. The molecule has 2 aliphatic rings. The fourth-order valence-corrected chi connectivity index (χ4v) is 4.12. The van der Waals surface area contributed by atoms with E-state index in [1.54, 1.807) is 0 Å². The monoisotopic (exact) mass is 239 g/mol. The van der Waals surface area contributed by atoms with E-state index in [9.17, 15) is 5.11 Å². The summed E-state index contributed by atoms with van der Waals surface area (Å²) in [6.07, 6.45) is 8.33. The highest BCUT2D eigenvalue weighted by atomic mass is 16.3. The number of fused-ring (bicyclic) bond motifs is 3. The van der Waals surface area contributed by atoms with Crippen molar-refractivity contribution >= 4 is 10.8 Å². The predicted octanol–water partition coefficient (Wildman–Crippen LogP) is 3.24. The maximum Gasteiger partial charge on any atom is 0.0933 e. The number of benzene rings is 1. The van der Waals surface area contributed by atoms with Gasteiger partial charge in [-0.3, -0.25) is 4.98 Å². The van der Waals surface area contributed by atoms with Crippen LogP contribution < -0.4 is 0 Å². The van der Waals surface area contributed by atoms with E-state index in [-0.39, 0.29) is 0 Å². The highest BCUT2D eigenvalue weighted by Crippen LogP contribution is 2.56. The second kappa shape index (κ2) is 3.55. The van der Waals surface area contributed by atoms with Gasteiger partial charge < -0.3 is 5.11 Å². The molecule has 3 unspecified atom stereocenters. The summed E-state index contributed by atoms with van der Waals surface area (Å²) in [5, 5.41) is 13.4. The van der Waals surface area contributed by atoms with Crippen LogP contribution in [0.5, 0.6) is 0 Å². The third-order valence-corrected chi connectivity index (χ3v) is 4.97. The van der Waals surface area contributed by atoms with Crippen molar-refractivity contribution in [1.29, 1.82) is 0 Å². The van der Waals surface area contributed by atoms with E-state index in [1.807, 2.05) is 18.5 Å². The molecular weight excluding hydrogens is 222 g/mol. The summed E-state index contributed by atoms with van der Waals surface area (Å²) in [6.45, 7) is 0. The first-order valence-electron chi connectivity index (χ1n) is 6.83. The quantitative estimate of drug-likeness (QED) is 0.828. The molecule has 0 amide bonds. The fourth-order valence-electron chi connectivity index (χ4n) is 4.12. The molecule has 18 heavy (non-hydrogen) atoms. The standard InChI is InChI=1S/C16H17NO/c18-16(9-11-4-5-13(16)8-11)15-3-1-2-12-6-7-17-10-14(12)15/h1-3,6-7,10-11,13,18H,4-5,8-9H2. The van der Waals surface area contributed by atoms with Gasteiger partial charge in [-0.1, -0.05) is 18.2 Å². The molecular formula is C16H17NO. The Morgan fingerprint density at radius 2 is 2.17 bits per heavy atom. The van der Waals surface area contributed by atoms with Crippen molar-refractivity contribution in [2.45, 2.75) is 31.3 Å². The molecule has 2 heteroatoms. The van der Waals surface area contributed by atoms with Crippen LogP contribution in [0.15, 0.2) is 36.7 Å². The zero-order valence-electron chi connectivity index (χ0n) is 10.3. The van der Waals surface area contributed by atoms with Crippen molar-refractivity contribution in [2.24, 2.45) is 11.8 Å². The highest BCUT2D eigenvalue weighted by molar-refractivity contribution is 5.85. The van der Waals surface area contributed by atoms with Crippen molar-refractivity contribution in [1.82, 2.24) is 4.98 Å². The first-order valence-corrected chi connectivity index (χ1v) is 6.83. The molecule has 0 saturated heterocycles. The zero-order chi connectivity index (χ0) is 12.2. The Balaban J connectivity index is 1.92. The van der Waals surface area contributed by atoms with Gasteiger partial charge in [-0.05, 0) is 54.5 Å². The van der Waals surface area contributed by atoms with Gasteiger partial charge in [0.25, 0.3) is 0 Å². The Hall–Kier alpha value is -1.41. The third kappa shape index (κ3) is 1.30.